The molecule has 0 saturated carbocycles. The van der Waals surface area contributed by atoms with Gasteiger partial charge in [0.25, 0.3) is 0 Å². The zero-order valence-electron chi connectivity index (χ0n) is 10.7. The van der Waals surface area contributed by atoms with Crippen molar-refractivity contribution in [1.82, 2.24) is 10.2 Å². The van der Waals surface area contributed by atoms with Crippen LogP contribution in [-0.4, -0.2) is 64.6 Å². The van der Waals surface area contributed by atoms with E-state index < -0.39 is 0 Å². The predicted molar refractivity (Wildman–Crippen MR) is 65.8 cm³/mol. The standard InChI is InChI=1S/C12H26N2O2/c1-13-12-5-3-6-14(11-12)7-10-16-9-4-8-15-2/h12-13H,3-11H2,1-2H3. The average molecular weight is 230 g/mol. The topological polar surface area (TPSA) is 33.7 Å². The Balaban J connectivity index is 1.95. The van der Waals surface area contributed by atoms with Crippen LogP contribution in [0.1, 0.15) is 19.3 Å². The molecule has 1 aliphatic heterocycles. The SMILES string of the molecule is CNC1CCCN(CCOCCCOC)C1. The van der Waals surface area contributed by atoms with E-state index in [1.54, 1.807) is 7.11 Å². The predicted octanol–water partition coefficient (Wildman–Crippen LogP) is 0.723. The summed E-state index contributed by atoms with van der Waals surface area (Å²) in [6, 6.07) is 0.669. The second-order valence-corrected chi connectivity index (χ2v) is 4.39. The number of nitrogens with zero attached hydrogens (tertiary/aromatic N) is 1. The number of rotatable bonds is 8. The average Bonchev–Trinajstić information content (AvgIpc) is 2.34. The molecule has 1 N–H and O–H groups in total. The van der Waals surface area contributed by atoms with Crippen LogP contribution in [0.15, 0.2) is 0 Å². The zero-order chi connectivity index (χ0) is 11.6. The molecule has 4 nitrogen and oxygen atoms in total. The van der Waals surface area contributed by atoms with Crippen molar-refractivity contribution < 1.29 is 9.47 Å². The second-order valence-electron chi connectivity index (χ2n) is 4.39. The first-order chi connectivity index (χ1) is 7.86. The molecule has 1 fully saturated rings. The van der Waals surface area contributed by atoms with Crippen molar-refractivity contribution in [1.29, 1.82) is 0 Å². The third-order valence-electron chi connectivity index (χ3n) is 3.10. The molecule has 0 spiro atoms. The summed E-state index contributed by atoms with van der Waals surface area (Å²) in [6.07, 6.45) is 3.60. The monoisotopic (exact) mass is 230 g/mol. The highest BCUT2D eigenvalue weighted by Gasteiger charge is 2.17. The van der Waals surface area contributed by atoms with Crippen molar-refractivity contribution in [3.8, 4) is 0 Å². The Hall–Kier alpha value is -0.160. The summed E-state index contributed by atoms with van der Waals surface area (Å²) in [5, 5.41) is 3.35. The number of ether oxygens (including phenoxy) is 2. The number of hydrogen-bond acceptors (Lipinski definition) is 4. The molecule has 0 amide bonds. The Morgan fingerprint density at radius 3 is 2.94 bits per heavy atom. The van der Waals surface area contributed by atoms with Crippen molar-refractivity contribution in [2.75, 3.05) is 53.6 Å². The molecule has 0 aromatic rings. The van der Waals surface area contributed by atoms with Gasteiger partial charge in [0.15, 0.2) is 0 Å². The summed E-state index contributed by atoms with van der Waals surface area (Å²) in [7, 11) is 3.78. The number of piperidine rings is 1. The van der Waals surface area contributed by atoms with Gasteiger partial charge in [0.05, 0.1) is 6.61 Å². The molecule has 0 aliphatic carbocycles. The molecule has 1 aliphatic rings. The number of likely N-dealkylation sites (tertiary alicyclic amines) is 1. The first kappa shape index (κ1) is 13.9. The summed E-state index contributed by atoms with van der Waals surface area (Å²) in [6.45, 7) is 5.91. The molecule has 1 heterocycles. The Bertz CT molecular complexity index is 167. The maximum atomic E-state index is 5.57. The van der Waals surface area contributed by atoms with Gasteiger partial charge in [-0.05, 0) is 32.9 Å². The molecule has 96 valence electrons. The van der Waals surface area contributed by atoms with Gasteiger partial charge in [0, 0.05) is 39.5 Å². The number of methoxy groups -OCH3 is 1. The highest BCUT2D eigenvalue weighted by atomic mass is 16.5. The molecule has 1 rings (SSSR count). The molecule has 16 heavy (non-hydrogen) atoms. The molecule has 0 aromatic carbocycles. The fraction of sp³-hybridized carbons (Fsp3) is 1.00. The molecule has 0 aromatic heterocycles. The zero-order valence-corrected chi connectivity index (χ0v) is 10.7. The first-order valence-corrected chi connectivity index (χ1v) is 6.33. The van der Waals surface area contributed by atoms with Crippen LogP contribution in [0.2, 0.25) is 0 Å². The van der Waals surface area contributed by atoms with Gasteiger partial charge in [-0.15, -0.1) is 0 Å². The van der Waals surface area contributed by atoms with E-state index in [1.165, 1.54) is 19.4 Å². The molecule has 4 heteroatoms. The van der Waals surface area contributed by atoms with Crippen LogP contribution in [0.3, 0.4) is 0 Å². The Labute approximate surface area is 99.3 Å². The molecule has 0 radical (unpaired) electrons. The van der Waals surface area contributed by atoms with Gasteiger partial charge in [-0.1, -0.05) is 0 Å². The van der Waals surface area contributed by atoms with Gasteiger partial charge in [-0.2, -0.15) is 0 Å². The van der Waals surface area contributed by atoms with Crippen molar-refractivity contribution in [2.45, 2.75) is 25.3 Å². The van der Waals surface area contributed by atoms with E-state index in [4.69, 9.17) is 9.47 Å². The lowest BCUT2D eigenvalue weighted by Gasteiger charge is -2.32. The lowest BCUT2D eigenvalue weighted by Crippen LogP contribution is -2.45. The summed E-state index contributed by atoms with van der Waals surface area (Å²) >= 11 is 0. The van der Waals surface area contributed by atoms with Crippen LogP contribution in [0.5, 0.6) is 0 Å². The minimum atomic E-state index is 0.669. The third kappa shape index (κ3) is 5.80. The number of hydrogen-bond donors (Lipinski definition) is 1. The smallest absolute Gasteiger partial charge is 0.0593 e. The largest absolute Gasteiger partial charge is 0.385 e. The minimum absolute atomic E-state index is 0.669. The molecule has 1 saturated heterocycles. The highest BCUT2D eigenvalue weighted by molar-refractivity contribution is 4.76. The quantitative estimate of drug-likeness (QED) is 0.623. The van der Waals surface area contributed by atoms with Crippen LogP contribution in [0.25, 0.3) is 0 Å². The lowest BCUT2D eigenvalue weighted by atomic mass is 10.1. The molecule has 1 unspecified atom stereocenters. The van der Waals surface area contributed by atoms with Crippen LogP contribution in [0.4, 0.5) is 0 Å². The maximum absolute atomic E-state index is 5.57. The Morgan fingerprint density at radius 1 is 1.31 bits per heavy atom. The third-order valence-corrected chi connectivity index (χ3v) is 3.10. The molecule has 1 atom stereocenters. The van der Waals surface area contributed by atoms with Crippen LogP contribution in [-0.2, 0) is 9.47 Å². The Kier molecular flexibility index (Phi) is 7.76. The van der Waals surface area contributed by atoms with Gasteiger partial charge in [0.1, 0.15) is 0 Å². The van der Waals surface area contributed by atoms with Crippen molar-refractivity contribution >= 4 is 0 Å². The van der Waals surface area contributed by atoms with Crippen molar-refractivity contribution in [2.24, 2.45) is 0 Å². The normalized spacial score (nSPS) is 22.5. The summed E-state index contributed by atoms with van der Waals surface area (Å²) in [5.74, 6) is 0. The summed E-state index contributed by atoms with van der Waals surface area (Å²) in [5.41, 5.74) is 0. The molecular formula is C12H26N2O2. The van der Waals surface area contributed by atoms with Crippen LogP contribution >= 0.6 is 0 Å². The van der Waals surface area contributed by atoms with Gasteiger partial charge < -0.3 is 14.8 Å². The van der Waals surface area contributed by atoms with E-state index in [-0.39, 0.29) is 0 Å². The fourth-order valence-electron chi connectivity index (χ4n) is 2.10. The van der Waals surface area contributed by atoms with E-state index in [0.29, 0.717) is 6.04 Å². The first-order valence-electron chi connectivity index (χ1n) is 6.33. The van der Waals surface area contributed by atoms with Crippen LogP contribution in [0, 0.1) is 0 Å². The van der Waals surface area contributed by atoms with Crippen LogP contribution < -0.4 is 5.32 Å². The maximum Gasteiger partial charge on any atom is 0.0593 e. The Morgan fingerprint density at radius 2 is 2.19 bits per heavy atom. The van der Waals surface area contributed by atoms with E-state index in [9.17, 15) is 0 Å². The molecule has 0 bridgehead atoms. The number of nitrogens with one attached hydrogen (secondary N) is 1. The summed E-state index contributed by atoms with van der Waals surface area (Å²) < 4.78 is 10.5. The van der Waals surface area contributed by atoms with E-state index in [2.05, 4.69) is 17.3 Å². The van der Waals surface area contributed by atoms with E-state index in [0.717, 1.165) is 39.3 Å². The van der Waals surface area contributed by atoms with E-state index >= 15 is 0 Å². The number of likely N-dealkylation sites (N-methyl/N-ethyl adjacent to an activating group) is 1. The fourth-order valence-corrected chi connectivity index (χ4v) is 2.10. The molecular weight excluding hydrogens is 204 g/mol. The van der Waals surface area contributed by atoms with Crippen molar-refractivity contribution in [3.63, 3.8) is 0 Å². The van der Waals surface area contributed by atoms with Gasteiger partial charge >= 0.3 is 0 Å². The lowest BCUT2D eigenvalue weighted by molar-refractivity contribution is 0.0752. The highest BCUT2D eigenvalue weighted by Crippen LogP contribution is 2.08. The van der Waals surface area contributed by atoms with Gasteiger partial charge in [-0.25, -0.2) is 0 Å². The van der Waals surface area contributed by atoms with Gasteiger partial charge in [0.2, 0.25) is 0 Å². The van der Waals surface area contributed by atoms with E-state index in [1.807, 2.05) is 0 Å². The second kappa shape index (κ2) is 8.93. The minimum Gasteiger partial charge on any atom is -0.385 e. The van der Waals surface area contributed by atoms with Gasteiger partial charge in [-0.3, -0.25) is 4.90 Å². The van der Waals surface area contributed by atoms with Crippen molar-refractivity contribution in [3.05, 3.63) is 0 Å². The summed E-state index contributed by atoms with van der Waals surface area (Å²) in [4.78, 5) is 2.49.